The van der Waals surface area contributed by atoms with E-state index in [1.54, 1.807) is 0 Å². The molecular weight excluding hydrogens is 262 g/mol. The summed E-state index contributed by atoms with van der Waals surface area (Å²) in [5.41, 5.74) is 2.23. The Hall–Kier alpha value is -0.880. The van der Waals surface area contributed by atoms with E-state index in [4.69, 9.17) is 0 Å². The molecule has 1 aromatic heterocycles. The highest BCUT2D eigenvalue weighted by Crippen LogP contribution is 2.13. The van der Waals surface area contributed by atoms with Crippen LogP contribution in [0.1, 0.15) is 38.1 Å². The van der Waals surface area contributed by atoms with Crippen molar-refractivity contribution in [3.63, 3.8) is 0 Å². The van der Waals surface area contributed by atoms with Crippen LogP contribution in [0.3, 0.4) is 0 Å². The summed E-state index contributed by atoms with van der Waals surface area (Å²) in [6.07, 6.45) is 2.64. The number of aromatic nitrogens is 2. The Morgan fingerprint density at radius 2 is 2.26 bits per heavy atom. The van der Waals surface area contributed by atoms with Gasteiger partial charge in [0.15, 0.2) is 9.84 Å². The van der Waals surface area contributed by atoms with Crippen molar-refractivity contribution in [1.29, 1.82) is 0 Å². The molecule has 0 aliphatic carbocycles. The molecule has 1 atom stereocenters. The second kappa shape index (κ2) is 6.05. The molecule has 1 unspecified atom stereocenters. The molecular formula is C13H23N3O2S. The van der Waals surface area contributed by atoms with Gasteiger partial charge in [0.25, 0.3) is 0 Å². The summed E-state index contributed by atoms with van der Waals surface area (Å²) < 4.78 is 25.2. The Labute approximate surface area is 115 Å². The molecule has 1 N–H and O–H groups in total. The zero-order valence-corrected chi connectivity index (χ0v) is 12.5. The van der Waals surface area contributed by atoms with Gasteiger partial charge in [0, 0.05) is 19.1 Å². The number of hydrogen-bond acceptors (Lipinski definition) is 4. The molecule has 0 aromatic carbocycles. The largest absolute Gasteiger partial charge is 0.307 e. The summed E-state index contributed by atoms with van der Waals surface area (Å²) in [6, 6.07) is 2.19. The third-order valence-corrected chi connectivity index (χ3v) is 5.43. The summed E-state index contributed by atoms with van der Waals surface area (Å²) in [4.78, 5) is 0. The maximum absolute atomic E-state index is 11.6. The van der Waals surface area contributed by atoms with Crippen LogP contribution >= 0.6 is 0 Å². The van der Waals surface area contributed by atoms with Crippen LogP contribution in [0.15, 0.2) is 6.07 Å². The van der Waals surface area contributed by atoms with Crippen molar-refractivity contribution in [3.8, 4) is 0 Å². The van der Waals surface area contributed by atoms with Crippen LogP contribution < -0.4 is 5.32 Å². The Balaban J connectivity index is 1.96. The molecule has 0 saturated carbocycles. The van der Waals surface area contributed by atoms with E-state index >= 15 is 0 Å². The standard InChI is InChI=1S/C13H23N3O2S/c1-3-11-8-13(16(4-2)15-11)9-14-12-6-5-7-19(17,18)10-12/h8,12,14H,3-7,9-10H2,1-2H3. The normalized spacial score (nSPS) is 22.5. The van der Waals surface area contributed by atoms with Crippen molar-refractivity contribution in [2.45, 2.75) is 52.2 Å². The lowest BCUT2D eigenvalue weighted by Crippen LogP contribution is -2.40. The van der Waals surface area contributed by atoms with Gasteiger partial charge < -0.3 is 5.32 Å². The van der Waals surface area contributed by atoms with E-state index in [-0.39, 0.29) is 11.8 Å². The number of rotatable bonds is 5. The van der Waals surface area contributed by atoms with Crippen LogP contribution in [0, 0.1) is 0 Å². The number of hydrogen-bond donors (Lipinski definition) is 1. The third-order valence-electron chi connectivity index (χ3n) is 3.61. The zero-order valence-electron chi connectivity index (χ0n) is 11.7. The van der Waals surface area contributed by atoms with E-state index in [1.165, 1.54) is 0 Å². The monoisotopic (exact) mass is 285 g/mol. The number of nitrogens with one attached hydrogen (secondary N) is 1. The lowest BCUT2D eigenvalue weighted by atomic mass is 10.2. The minimum Gasteiger partial charge on any atom is -0.307 e. The quantitative estimate of drug-likeness (QED) is 0.881. The Bertz CT molecular complexity index is 522. The fourth-order valence-electron chi connectivity index (χ4n) is 2.54. The van der Waals surface area contributed by atoms with Gasteiger partial charge in [0.05, 0.1) is 22.9 Å². The van der Waals surface area contributed by atoms with E-state index in [2.05, 4.69) is 30.3 Å². The Morgan fingerprint density at radius 1 is 1.47 bits per heavy atom. The van der Waals surface area contributed by atoms with E-state index < -0.39 is 9.84 Å². The minimum absolute atomic E-state index is 0.0871. The average molecular weight is 285 g/mol. The fourth-order valence-corrected chi connectivity index (χ4v) is 4.21. The summed E-state index contributed by atoms with van der Waals surface area (Å²) in [7, 11) is -2.84. The maximum Gasteiger partial charge on any atom is 0.151 e. The number of sulfone groups is 1. The van der Waals surface area contributed by atoms with E-state index in [1.807, 2.05) is 4.68 Å². The minimum atomic E-state index is -2.84. The number of nitrogens with zero attached hydrogens (tertiary/aromatic N) is 2. The van der Waals surface area contributed by atoms with Gasteiger partial charge in [0.1, 0.15) is 0 Å². The second-order valence-electron chi connectivity index (χ2n) is 5.13. The van der Waals surface area contributed by atoms with Crippen molar-refractivity contribution < 1.29 is 8.42 Å². The van der Waals surface area contributed by atoms with Crippen molar-refractivity contribution in [2.75, 3.05) is 11.5 Å². The maximum atomic E-state index is 11.6. The molecule has 0 radical (unpaired) electrons. The smallest absolute Gasteiger partial charge is 0.151 e. The van der Waals surface area contributed by atoms with Crippen molar-refractivity contribution in [2.24, 2.45) is 0 Å². The molecule has 0 spiro atoms. The fraction of sp³-hybridized carbons (Fsp3) is 0.769. The molecule has 1 fully saturated rings. The highest BCUT2D eigenvalue weighted by Gasteiger charge is 2.24. The highest BCUT2D eigenvalue weighted by molar-refractivity contribution is 7.91. The SMILES string of the molecule is CCc1cc(CNC2CCCS(=O)(=O)C2)n(CC)n1. The molecule has 2 rings (SSSR count). The first-order valence-electron chi connectivity index (χ1n) is 7.03. The molecule has 19 heavy (non-hydrogen) atoms. The number of aryl methyl sites for hydroxylation is 2. The van der Waals surface area contributed by atoms with Crippen LogP contribution in [-0.4, -0.2) is 35.7 Å². The molecule has 0 bridgehead atoms. The lowest BCUT2D eigenvalue weighted by molar-refractivity contribution is 0.467. The molecule has 1 aliphatic rings. The lowest BCUT2D eigenvalue weighted by Gasteiger charge is -2.23. The van der Waals surface area contributed by atoms with E-state index in [9.17, 15) is 8.42 Å². The summed E-state index contributed by atoms with van der Waals surface area (Å²) in [5, 5.41) is 7.86. The molecule has 0 amide bonds. The van der Waals surface area contributed by atoms with Crippen LogP contribution in [0.2, 0.25) is 0 Å². The van der Waals surface area contributed by atoms with Crippen molar-refractivity contribution in [1.82, 2.24) is 15.1 Å². The molecule has 1 saturated heterocycles. The first kappa shape index (κ1) is 14.5. The Morgan fingerprint density at radius 3 is 2.89 bits per heavy atom. The molecule has 108 valence electrons. The van der Waals surface area contributed by atoms with Gasteiger partial charge in [-0.1, -0.05) is 6.92 Å². The van der Waals surface area contributed by atoms with Gasteiger partial charge in [-0.15, -0.1) is 0 Å². The molecule has 5 nitrogen and oxygen atoms in total. The molecule has 2 heterocycles. The van der Waals surface area contributed by atoms with Gasteiger partial charge in [-0.3, -0.25) is 4.68 Å². The van der Waals surface area contributed by atoms with Gasteiger partial charge >= 0.3 is 0 Å². The molecule has 6 heteroatoms. The first-order chi connectivity index (χ1) is 9.04. The van der Waals surface area contributed by atoms with Crippen LogP contribution in [-0.2, 0) is 29.3 Å². The predicted molar refractivity (Wildman–Crippen MR) is 75.8 cm³/mol. The first-order valence-corrected chi connectivity index (χ1v) is 8.85. The summed E-state index contributed by atoms with van der Waals surface area (Å²) in [5.74, 6) is 0.617. The average Bonchev–Trinajstić information content (AvgIpc) is 2.77. The van der Waals surface area contributed by atoms with Crippen LogP contribution in [0.4, 0.5) is 0 Å². The summed E-state index contributed by atoms with van der Waals surface area (Å²) in [6.45, 7) is 5.70. The third kappa shape index (κ3) is 3.79. The van der Waals surface area contributed by atoms with Gasteiger partial charge in [-0.2, -0.15) is 5.10 Å². The predicted octanol–water partition coefficient (Wildman–Crippen LogP) is 1.13. The topological polar surface area (TPSA) is 64.0 Å². The van der Waals surface area contributed by atoms with E-state index in [0.29, 0.717) is 12.3 Å². The second-order valence-corrected chi connectivity index (χ2v) is 7.36. The van der Waals surface area contributed by atoms with E-state index in [0.717, 1.165) is 37.2 Å². The van der Waals surface area contributed by atoms with Crippen LogP contribution in [0.25, 0.3) is 0 Å². The van der Waals surface area contributed by atoms with Crippen LogP contribution in [0.5, 0.6) is 0 Å². The molecule has 1 aliphatic heterocycles. The van der Waals surface area contributed by atoms with Crippen molar-refractivity contribution >= 4 is 9.84 Å². The zero-order chi connectivity index (χ0) is 13.9. The van der Waals surface area contributed by atoms with Gasteiger partial charge in [-0.25, -0.2) is 8.42 Å². The van der Waals surface area contributed by atoms with Gasteiger partial charge in [0.2, 0.25) is 0 Å². The Kier molecular flexibility index (Phi) is 4.62. The molecule has 1 aromatic rings. The highest BCUT2D eigenvalue weighted by atomic mass is 32.2. The van der Waals surface area contributed by atoms with Gasteiger partial charge in [-0.05, 0) is 32.3 Å². The summed E-state index contributed by atoms with van der Waals surface area (Å²) >= 11 is 0. The van der Waals surface area contributed by atoms with Crippen molar-refractivity contribution in [3.05, 3.63) is 17.5 Å².